The zero-order valence-electron chi connectivity index (χ0n) is 13.0. The van der Waals surface area contributed by atoms with Crippen molar-refractivity contribution in [2.24, 2.45) is 28.9 Å². The van der Waals surface area contributed by atoms with Gasteiger partial charge in [0.2, 0.25) is 5.91 Å². The molecule has 1 amide bonds. The summed E-state index contributed by atoms with van der Waals surface area (Å²) in [5.74, 6) is 1.56. The van der Waals surface area contributed by atoms with E-state index in [-0.39, 0.29) is 12.0 Å². The summed E-state index contributed by atoms with van der Waals surface area (Å²) < 4.78 is 0. The molecule has 4 unspecified atom stereocenters. The first-order valence-corrected chi connectivity index (χ1v) is 7.84. The standard InChI is InChI=1S/C16H30N2O/c1-11-9-12(2)14(17)10-13(11)15(19)18-7-5-16(3,4)6-8-18/h11-14H,5-10,17H2,1-4H3. The molecule has 110 valence electrons. The fourth-order valence-electron chi connectivity index (χ4n) is 3.59. The van der Waals surface area contributed by atoms with E-state index < -0.39 is 0 Å². The van der Waals surface area contributed by atoms with E-state index in [0.717, 1.165) is 38.8 Å². The van der Waals surface area contributed by atoms with Crippen molar-refractivity contribution in [2.45, 2.75) is 59.4 Å². The first kappa shape index (κ1) is 14.8. The summed E-state index contributed by atoms with van der Waals surface area (Å²) in [4.78, 5) is 14.8. The molecule has 3 heteroatoms. The van der Waals surface area contributed by atoms with Gasteiger partial charge in [0.05, 0.1) is 0 Å². The van der Waals surface area contributed by atoms with Gasteiger partial charge in [-0.25, -0.2) is 0 Å². The Morgan fingerprint density at radius 3 is 2.26 bits per heavy atom. The lowest BCUT2D eigenvalue weighted by atomic mass is 9.72. The van der Waals surface area contributed by atoms with Crippen molar-refractivity contribution < 1.29 is 4.79 Å². The van der Waals surface area contributed by atoms with Gasteiger partial charge in [-0.05, 0) is 42.9 Å². The van der Waals surface area contributed by atoms with Crippen LogP contribution in [0.5, 0.6) is 0 Å². The quantitative estimate of drug-likeness (QED) is 0.793. The second-order valence-electron chi connectivity index (χ2n) is 7.69. The predicted octanol–water partition coefficient (Wildman–Crippen LogP) is 2.64. The average Bonchev–Trinajstić information content (AvgIpc) is 2.33. The highest BCUT2D eigenvalue weighted by molar-refractivity contribution is 5.79. The molecule has 0 aromatic heterocycles. The summed E-state index contributed by atoms with van der Waals surface area (Å²) in [7, 11) is 0. The van der Waals surface area contributed by atoms with Crippen molar-refractivity contribution in [3.63, 3.8) is 0 Å². The van der Waals surface area contributed by atoms with Crippen LogP contribution in [-0.4, -0.2) is 29.9 Å². The Bertz CT molecular complexity index is 330. The summed E-state index contributed by atoms with van der Waals surface area (Å²) in [6, 6.07) is 0.200. The Kier molecular flexibility index (Phi) is 4.24. The lowest BCUT2D eigenvalue weighted by Gasteiger charge is -2.42. The van der Waals surface area contributed by atoms with Crippen LogP contribution in [0.25, 0.3) is 0 Å². The molecule has 1 saturated carbocycles. The van der Waals surface area contributed by atoms with Crippen LogP contribution >= 0.6 is 0 Å². The van der Waals surface area contributed by atoms with Crippen LogP contribution in [0, 0.1) is 23.2 Å². The number of nitrogens with zero attached hydrogens (tertiary/aromatic N) is 1. The van der Waals surface area contributed by atoms with E-state index in [1.54, 1.807) is 0 Å². The van der Waals surface area contributed by atoms with Crippen molar-refractivity contribution in [2.75, 3.05) is 13.1 Å². The second-order valence-corrected chi connectivity index (χ2v) is 7.69. The number of carbonyl (C=O) groups is 1. The molecule has 1 heterocycles. The molecule has 2 fully saturated rings. The van der Waals surface area contributed by atoms with Gasteiger partial charge in [-0.3, -0.25) is 4.79 Å². The number of piperidine rings is 1. The smallest absolute Gasteiger partial charge is 0.226 e. The Morgan fingerprint density at radius 1 is 1.11 bits per heavy atom. The zero-order valence-corrected chi connectivity index (χ0v) is 13.0. The van der Waals surface area contributed by atoms with Gasteiger partial charge >= 0.3 is 0 Å². The van der Waals surface area contributed by atoms with Crippen LogP contribution in [0.2, 0.25) is 0 Å². The maximum atomic E-state index is 12.7. The summed E-state index contributed by atoms with van der Waals surface area (Å²) in [5.41, 5.74) is 6.57. The number of likely N-dealkylation sites (tertiary alicyclic amines) is 1. The van der Waals surface area contributed by atoms with Crippen LogP contribution in [0.3, 0.4) is 0 Å². The highest BCUT2D eigenvalue weighted by Crippen LogP contribution is 2.36. The maximum absolute atomic E-state index is 12.7. The van der Waals surface area contributed by atoms with Gasteiger partial charge in [-0.15, -0.1) is 0 Å². The Labute approximate surface area is 117 Å². The topological polar surface area (TPSA) is 46.3 Å². The van der Waals surface area contributed by atoms with Crippen molar-refractivity contribution >= 4 is 5.91 Å². The zero-order chi connectivity index (χ0) is 14.2. The lowest BCUT2D eigenvalue weighted by molar-refractivity contribution is -0.141. The van der Waals surface area contributed by atoms with E-state index in [0.29, 0.717) is 23.2 Å². The molecular weight excluding hydrogens is 236 g/mol. The van der Waals surface area contributed by atoms with E-state index in [1.165, 1.54) is 0 Å². The highest BCUT2D eigenvalue weighted by atomic mass is 16.2. The van der Waals surface area contributed by atoms with Gasteiger partial charge < -0.3 is 10.6 Å². The molecular formula is C16H30N2O. The van der Waals surface area contributed by atoms with Crippen LogP contribution in [0.4, 0.5) is 0 Å². The minimum absolute atomic E-state index is 0.160. The predicted molar refractivity (Wildman–Crippen MR) is 78.6 cm³/mol. The molecule has 0 aromatic rings. The number of rotatable bonds is 1. The van der Waals surface area contributed by atoms with Gasteiger partial charge in [0, 0.05) is 25.0 Å². The average molecular weight is 266 g/mol. The molecule has 0 radical (unpaired) electrons. The van der Waals surface area contributed by atoms with E-state index in [9.17, 15) is 4.79 Å². The normalized spacial score (nSPS) is 39.1. The van der Waals surface area contributed by atoms with Gasteiger partial charge in [0.15, 0.2) is 0 Å². The Balaban J connectivity index is 1.96. The fraction of sp³-hybridized carbons (Fsp3) is 0.938. The van der Waals surface area contributed by atoms with Crippen molar-refractivity contribution in [3.05, 3.63) is 0 Å². The van der Waals surface area contributed by atoms with Gasteiger partial charge in [-0.2, -0.15) is 0 Å². The molecule has 0 aromatic carbocycles. The molecule has 0 bridgehead atoms. The first-order valence-electron chi connectivity index (χ1n) is 7.84. The third-order valence-corrected chi connectivity index (χ3v) is 5.43. The summed E-state index contributed by atoms with van der Waals surface area (Å²) in [5, 5.41) is 0. The minimum atomic E-state index is 0.160. The highest BCUT2D eigenvalue weighted by Gasteiger charge is 2.38. The monoisotopic (exact) mass is 266 g/mol. The minimum Gasteiger partial charge on any atom is -0.342 e. The fourth-order valence-corrected chi connectivity index (χ4v) is 3.59. The number of hydrogen-bond acceptors (Lipinski definition) is 2. The summed E-state index contributed by atoms with van der Waals surface area (Å²) in [6.07, 6.45) is 4.22. The molecule has 3 nitrogen and oxygen atoms in total. The number of amides is 1. The summed E-state index contributed by atoms with van der Waals surface area (Å²) in [6.45, 7) is 10.9. The second kappa shape index (κ2) is 5.43. The van der Waals surface area contributed by atoms with E-state index in [2.05, 4.69) is 32.6 Å². The first-order chi connectivity index (χ1) is 8.80. The summed E-state index contributed by atoms with van der Waals surface area (Å²) >= 11 is 0. The molecule has 1 aliphatic heterocycles. The maximum Gasteiger partial charge on any atom is 0.226 e. The molecule has 1 aliphatic carbocycles. The van der Waals surface area contributed by atoms with E-state index in [4.69, 9.17) is 5.73 Å². The van der Waals surface area contributed by atoms with E-state index >= 15 is 0 Å². The third-order valence-electron chi connectivity index (χ3n) is 5.43. The molecule has 4 atom stereocenters. The van der Waals surface area contributed by atoms with Crippen LogP contribution in [-0.2, 0) is 4.79 Å². The largest absolute Gasteiger partial charge is 0.342 e. The van der Waals surface area contributed by atoms with Gasteiger partial charge in [0.25, 0.3) is 0 Å². The number of hydrogen-bond donors (Lipinski definition) is 1. The molecule has 1 saturated heterocycles. The Hall–Kier alpha value is -0.570. The van der Waals surface area contributed by atoms with Crippen LogP contribution in [0.15, 0.2) is 0 Å². The van der Waals surface area contributed by atoms with Crippen molar-refractivity contribution in [3.8, 4) is 0 Å². The van der Waals surface area contributed by atoms with Crippen LogP contribution < -0.4 is 5.73 Å². The van der Waals surface area contributed by atoms with Gasteiger partial charge in [-0.1, -0.05) is 27.7 Å². The Morgan fingerprint density at radius 2 is 1.68 bits per heavy atom. The molecule has 2 N–H and O–H groups in total. The molecule has 19 heavy (non-hydrogen) atoms. The SMILES string of the molecule is CC1CC(C)C(C(=O)N2CCC(C)(C)CC2)CC1N. The molecule has 2 rings (SSSR count). The van der Waals surface area contributed by atoms with Gasteiger partial charge in [0.1, 0.15) is 0 Å². The number of nitrogens with two attached hydrogens (primary N) is 1. The van der Waals surface area contributed by atoms with Crippen molar-refractivity contribution in [1.29, 1.82) is 0 Å². The third kappa shape index (κ3) is 3.31. The molecule has 2 aliphatic rings. The van der Waals surface area contributed by atoms with Crippen molar-refractivity contribution in [1.82, 2.24) is 4.90 Å². The van der Waals surface area contributed by atoms with E-state index in [1.807, 2.05) is 0 Å². The number of carbonyl (C=O) groups excluding carboxylic acids is 1. The molecule has 0 spiro atoms. The lowest BCUT2D eigenvalue weighted by Crippen LogP contribution is -2.49. The van der Waals surface area contributed by atoms with Crippen LogP contribution in [0.1, 0.15) is 53.4 Å².